The number of phenolic OH excluding ortho intramolecular Hbond substituents is 1. The second kappa shape index (κ2) is 8.58. The van der Waals surface area contributed by atoms with Gasteiger partial charge in [-0.3, -0.25) is 4.79 Å². The Kier molecular flexibility index (Phi) is 6.05. The molecule has 6 heteroatoms. The third-order valence-corrected chi connectivity index (χ3v) is 6.81. The van der Waals surface area contributed by atoms with Crippen molar-refractivity contribution in [2.24, 2.45) is 5.92 Å². The minimum absolute atomic E-state index is 0.0807. The lowest BCUT2D eigenvalue weighted by molar-refractivity contribution is -0.134. The van der Waals surface area contributed by atoms with E-state index in [2.05, 4.69) is 29.2 Å². The maximum atomic E-state index is 12.9. The number of halogens is 1. The Morgan fingerprint density at radius 3 is 2.70 bits per heavy atom. The SMILES string of the molecule is CN(C)C(=O)C(Cc1cc(O)ccc1Cl)CN1CCC2(CC1)OCc1ccccc12. The lowest BCUT2D eigenvalue weighted by Crippen LogP contribution is -2.46. The number of carbonyl (C=O) groups is 1. The van der Waals surface area contributed by atoms with E-state index in [-0.39, 0.29) is 23.2 Å². The van der Waals surface area contributed by atoms with Crippen LogP contribution in [0.5, 0.6) is 5.75 Å². The van der Waals surface area contributed by atoms with Crippen LogP contribution in [-0.4, -0.2) is 54.5 Å². The van der Waals surface area contributed by atoms with Crippen LogP contribution in [0.3, 0.4) is 0 Å². The van der Waals surface area contributed by atoms with Gasteiger partial charge in [0.1, 0.15) is 5.75 Å². The van der Waals surface area contributed by atoms with Crippen molar-refractivity contribution in [3.63, 3.8) is 0 Å². The molecule has 0 bridgehead atoms. The number of piperidine rings is 1. The molecule has 0 aliphatic carbocycles. The number of fused-ring (bicyclic) bond motifs is 2. The molecular formula is C24H29ClN2O3. The third kappa shape index (κ3) is 4.20. The number of carbonyl (C=O) groups excluding carboxylic acids is 1. The molecule has 2 aromatic carbocycles. The van der Waals surface area contributed by atoms with Crippen LogP contribution >= 0.6 is 11.6 Å². The monoisotopic (exact) mass is 428 g/mol. The van der Waals surface area contributed by atoms with Gasteiger partial charge < -0.3 is 19.6 Å². The van der Waals surface area contributed by atoms with Gasteiger partial charge in [0.2, 0.25) is 5.91 Å². The first-order valence-corrected chi connectivity index (χ1v) is 10.9. The molecule has 4 rings (SSSR count). The van der Waals surface area contributed by atoms with E-state index in [1.165, 1.54) is 11.1 Å². The minimum atomic E-state index is -0.217. The maximum Gasteiger partial charge on any atom is 0.226 e. The highest BCUT2D eigenvalue weighted by atomic mass is 35.5. The van der Waals surface area contributed by atoms with Crippen molar-refractivity contribution >= 4 is 17.5 Å². The van der Waals surface area contributed by atoms with E-state index in [1.54, 1.807) is 37.2 Å². The predicted molar refractivity (Wildman–Crippen MR) is 118 cm³/mol. The lowest BCUT2D eigenvalue weighted by Gasteiger charge is -2.40. The second-order valence-electron chi connectivity index (χ2n) is 8.65. The molecule has 2 heterocycles. The molecule has 0 aromatic heterocycles. The van der Waals surface area contributed by atoms with E-state index < -0.39 is 0 Å². The number of phenols is 1. The quantitative estimate of drug-likeness (QED) is 0.786. The Morgan fingerprint density at radius 2 is 1.97 bits per heavy atom. The standard InChI is InChI=1S/C24H29ClN2O3/c1-26(2)23(29)19(13-18-14-20(28)7-8-22(18)25)15-27-11-9-24(10-12-27)21-6-4-3-5-17(21)16-30-24/h3-8,14,19,28H,9-13,15-16H2,1-2H3. The number of nitrogens with zero attached hydrogens (tertiary/aromatic N) is 2. The Bertz CT molecular complexity index is 922. The molecule has 1 fully saturated rings. The molecule has 30 heavy (non-hydrogen) atoms. The summed E-state index contributed by atoms with van der Waals surface area (Å²) in [7, 11) is 3.57. The Morgan fingerprint density at radius 1 is 1.23 bits per heavy atom. The van der Waals surface area contributed by atoms with Gasteiger partial charge in [-0.25, -0.2) is 0 Å². The molecule has 2 aromatic rings. The van der Waals surface area contributed by atoms with Gasteiger partial charge in [-0.1, -0.05) is 35.9 Å². The second-order valence-corrected chi connectivity index (χ2v) is 9.06. The van der Waals surface area contributed by atoms with Crippen LogP contribution in [-0.2, 0) is 28.2 Å². The molecule has 1 amide bonds. The Balaban J connectivity index is 1.45. The summed E-state index contributed by atoms with van der Waals surface area (Å²) >= 11 is 6.33. The van der Waals surface area contributed by atoms with Crippen molar-refractivity contribution in [1.82, 2.24) is 9.80 Å². The molecule has 160 valence electrons. The van der Waals surface area contributed by atoms with Crippen LogP contribution in [0.1, 0.15) is 29.5 Å². The zero-order chi connectivity index (χ0) is 21.3. The molecule has 1 atom stereocenters. The van der Waals surface area contributed by atoms with Crippen LogP contribution in [0.25, 0.3) is 0 Å². The van der Waals surface area contributed by atoms with E-state index in [0.29, 0.717) is 24.6 Å². The number of ether oxygens (including phenoxy) is 1. The number of likely N-dealkylation sites (tertiary alicyclic amines) is 1. The molecule has 0 radical (unpaired) electrons. The number of benzene rings is 2. The average molecular weight is 429 g/mol. The highest BCUT2D eigenvalue weighted by molar-refractivity contribution is 6.31. The fraction of sp³-hybridized carbons (Fsp3) is 0.458. The number of aromatic hydroxyl groups is 1. The minimum Gasteiger partial charge on any atom is -0.508 e. The van der Waals surface area contributed by atoms with Crippen molar-refractivity contribution in [1.29, 1.82) is 0 Å². The molecule has 5 nitrogen and oxygen atoms in total. The van der Waals surface area contributed by atoms with Crippen molar-refractivity contribution in [3.05, 3.63) is 64.2 Å². The maximum absolute atomic E-state index is 12.9. The Hall–Kier alpha value is -2.08. The Labute approximate surface area is 183 Å². The first-order chi connectivity index (χ1) is 14.4. The molecule has 1 spiro atoms. The molecule has 1 unspecified atom stereocenters. The largest absolute Gasteiger partial charge is 0.508 e. The fourth-order valence-corrected chi connectivity index (χ4v) is 4.98. The van der Waals surface area contributed by atoms with Gasteiger partial charge in [-0.2, -0.15) is 0 Å². The molecular weight excluding hydrogens is 400 g/mol. The zero-order valence-electron chi connectivity index (χ0n) is 17.6. The van der Waals surface area contributed by atoms with E-state index in [9.17, 15) is 9.90 Å². The third-order valence-electron chi connectivity index (χ3n) is 6.44. The summed E-state index contributed by atoms with van der Waals surface area (Å²) < 4.78 is 6.27. The summed E-state index contributed by atoms with van der Waals surface area (Å²) in [6.07, 6.45) is 2.37. The molecule has 0 saturated carbocycles. The van der Waals surface area contributed by atoms with E-state index in [0.717, 1.165) is 31.5 Å². The number of amides is 1. The predicted octanol–water partition coefficient (Wildman–Crippen LogP) is 3.81. The van der Waals surface area contributed by atoms with Crippen LogP contribution in [0.15, 0.2) is 42.5 Å². The molecule has 2 aliphatic heterocycles. The molecule has 2 aliphatic rings. The summed E-state index contributed by atoms with van der Waals surface area (Å²) in [4.78, 5) is 16.9. The highest BCUT2D eigenvalue weighted by Gasteiger charge is 2.42. The van der Waals surface area contributed by atoms with Gasteiger partial charge in [0.15, 0.2) is 0 Å². The van der Waals surface area contributed by atoms with E-state index in [1.807, 2.05) is 0 Å². The van der Waals surface area contributed by atoms with Crippen molar-refractivity contribution in [2.45, 2.75) is 31.5 Å². The summed E-state index contributed by atoms with van der Waals surface area (Å²) in [5.41, 5.74) is 3.25. The first-order valence-electron chi connectivity index (χ1n) is 10.5. The molecule has 1 saturated heterocycles. The van der Waals surface area contributed by atoms with Gasteiger partial charge in [0.05, 0.1) is 18.1 Å². The number of hydrogen-bond acceptors (Lipinski definition) is 4. The van der Waals surface area contributed by atoms with E-state index in [4.69, 9.17) is 16.3 Å². The van der Waals surface area contributed by atoms with Crippen LogP contribution < -0.4 is 0 Å². The number of hydrogen-bond donors (Lipinski definition) is 1. The summed E-state index contributed by atoms with van der Waals surface area (Å²) in [5.74, 6) is 0.0321. The smallest absolute Gasteiger partial charge is 0.226 e. The fourth-order valence-electron chi connectivity index (χ4n) is 4.78. The van der Waals surface area contributed by atoms with Crippen molar-refractivity contribution < 1.29 is 14.6 Å². The van der Waals surface area contributed by atoms with Gasteiger partial charge >= 0.3 is 0 Å². The van der Waals surface area contributed by atoms with Crippen LogP contribution in [0.2, 0.25) is 5.02 Å². The molecule has 1 N–H and O–H groups in total. The van der Waals surface area contributed by atoms with E-state index >= 15 is 0 Å². The average Bonchev–Trinajstić information content (AvgIpc) is 3.09. The normalized spacial score (nSPS) is 18.9. The van der Waals surface area contributed by atoms with Crippen molar-refractivity contribution in [3.8, 4) is 5.75 Å². The number of rotatable bonds is 5. The summed E-state index contributed by atoms with van der Waals surface area (Å²) in [6, 6.07) is 13.4. The van der Waals surface area contributed by atoms with Gasteiger partial charge in [-0.15, -0.1) is 0 Å². The van der Waals surface area contributed by atoms with Gasteiger partial charge in [-0.05, 0) is 54.2 Å². The topological polar surface area (TPSA) is 53.0 Å². The summed E-state index contributed by atoms with van der Waals surface area (Å²) in [6.45, 7) is 3.13. The van der Waals surface area contributed by atoms with Crippen LogP contribution in [0, 0.1) is 5.92 Å². The van der Waals surface area contributed by atoms with Gasteiger partial charge in [0.25, 0.3) is 0 Å². The van der Waals surface area contributed by atoms with Gasteiger partial charge in [0, 0.05) is 38.8 Å². The highest BCUT2D eigenvalue weighted by Crippen LogP contribution is 2.44. The van der Waals surface area contributed by atoms with Crippen LogP contribution in [0.4, 0.5) is 0 Å². The zero-order valence-corrected chi connectivity index (χ0v) is 18.4. The lowest BCUT2D eigenvalue weighted by atomic mass is 9.83. The van der Waals surface area contributed by atoms with Crippen molar-refractivity contribution in [2.75, 3.05) is 33.7 Å². The summed E-state index contributed by atoms with van der Waals surface area (Å²) in [5, 5.41) is 10.4. The first kappa shape index (κ1) is 21.2.